The first-order valence-corrected chi connectivity index (χ1v) is 9.29. The van der Waals surface area contributed by atoms with Crippen molar-refractivity contribution in [2.24, 2.45) is 5.92 Å². The van der Waals surface area contributed by atoms with E-state index in [0.29, 0.717) is 6.10 Å². The minimum atomic E-state index is 0.116. The highest BCUT2D eigenvalue weighted by molar-refractivity contribution is 7.80. The third kappa shape index (κ3) is 4.33. The molecule has 1 atom stereocenters. The quantitative estimate of drug-likeness (QED) is 0.671. The van der Waals surface area contributed by atoms with Gasteiger partial charge >= 0.3 is 0 Å². The number of likely N-dealkylation sites (tertiary alicyclic amines) is 1. The minimum Gasteiger partial charge on any atom is -0.376 e. The second-order valence-electron chi connectivity index (χ2n) is 6.81. The standard InChI is InChI=1S/C19H26N2O2S/c1-14-4-6-15(7-5-14)18(22)16-8-10-21(11-9-16)19(24)20-13-17-3-2-12-23-17/h4-7,16-17H,2-3,8-13H2,1H3,(H,20,24)/t17-/m0/s1. The molecule has 1 aromatic carbocycles. The van der Waals surface area contributed by atoms with Crippen molar-refractivity contribution in [2.45, 2.75) is 38.7 Å². The van der Waals surface area contributed by atoms with Gasteiger partial charge in [0.2, 0.25) is 0 Å². The van der Waals surface area contributed by atoms with Crippen molar-refractivity contribution in [1.29, 1.82) is 0 Å². The molecule has 4 nitrogen and oxygen atoms in total. The fraction of sp³-hybridized carbons (Fsp3) is 0.579. The van der Waals surface area contributed by atoms with Gasteiger partial charge in [-0.1, -0.05) is 29.8 Å². The van der Waals surface area contributed by atoms with Crippen molar-refractivity contribution < 1.29 is 9.53 Å². The molecule has 0 bridgehead atoms. The Balaban J connectivity index is 1.45. The number of benzene rings is 1. The van der Waals surface area contributed by atoms with Crippen LogP contribution < -0.4 is 5.32 Å². The van der Waals surface area contributed by atoms with Crippen LogP contribution >= 0.6 is 12.2 Å². The van der Waals surface area contributed by atoms with E-state index in [9.17, 15) is 4.79 Å². The Hall–Kier alpha value is -1.46. The number of rotatable bonds is 4. The summed E-state index contributed by atoms with van der Waals surface area (Å²) in [4.78, 5) is 14.8. The molecule has 2 heterocycles. The maximum Gasteiger partial charge on any atom is 0.169 e. The molecule has 1 aromatic rings. The Morgan fingerprint density at radius 3 is 2.58 bits per heavy atom. The predicted octanol–water partition coefficient (Wildman–Crippen LogP) is 2.94. The van der Waals surface area contributed by atoms with Gasteiger partial charge in [-0.15, -0.1) is 0 Å². The largest absolute Gasteiger partial charge is 0.376 e. The van der Waals surface area contributed by atoms with Crippen LogP contribution in [0.15, 0.2) is 24.3 Å². The van der Waals surface area contributed by atoms with Crippen molar-refractivity contribution in [3.63, 3.8) is 0 Å². The summed E-state index contributed by atoms with van der Waals surface area (Å²) in [5, 5.41) is 4.12. The van der Waals surface area contributed by atoms with Gasteiger partial charge in [0, 0.05) is 37.7 Å². The molecule has 2 aliphatic rings. The summed E-state index contributed by atoms with van der Waals surface area (Å²) in [6, 6.07) is 7.90. The smallest absolute Gasteiger partial charge is 0.169 e. The number of thiocarbonyl (C=S) groups is 1. The van der Waals surface area contributed by atoms with E-state index in [1.807, 2.05) is 31.2 Å². The van der Waals surface area contributed by atoms with Crippen LogP contribution in [-0.2, 0) is 4.74 Å². The lowest BCUT2D eigenvalue weighted by Gasteiger charge is -2.33. The molecule has 0 aliphatic carbocycles. The molecule has 3 rings (SSSR count). The van der Waals surface area contributed by atoms with Gasteiger partial charge in [0.1, 0.15) is 0 Å². The van der Waals surface area contributed by atoms with Gasteiger partial charge in [0.25, 0.3) is 0 Å². The van der Waals surface area contributed by atoms with E-state index in [1.54, 1.807) is 0 Å². The lowest BCUT2D eigenvalue weighted by molar-refractivity contribution is 0.0871. The maximum atomic E-state index is 12.6. The Kier molecular flexibility index (Phi) is 5.85. The summed E-state index contributed by atoms with van der Waals surface area (Å²) < 4.78 is 5.61. The number of carbonyl (C=O) groups excluding carboxylic acids is 1. The van der Waals surface area contributed by atoms with Crippen molar-refractivity contribution in [1.82, 2.24) is 10.2 Å². The number of hydrogen-bond acceptors (Lipinski definition) is 3. The number of carbonyl (C=O) groups is 1. The lowest BCUT2D eigenvalue weighted by atomic mass is 9.89. The van der Waals surface area contributed by atoms with Gasteiger partial charge in [-0.25, -0.2) is 0 Å². The minimum absolute atomic E-state index is 0.116. The molecule has 0 spiro atoms. The summed E-state index contributed by atoms with van der Waals surface area (Å²) in [6.45, 7) is 5.39. The number of ketones is 1. The molecular formula is C19H26N2O2S. The highest BCUT2D eigenvalue weighted by Crippen LogP contribution is 2.22. The fourth-order valence-corrected chi connectivity index (χ4v) is 3.68. The van der Waals surface area contributed by atoms with Gasteiger partial charge in [-0.3, -0.25) is 4.79 Å². The lowest BCUT2D eigenvalue weighted by Crippen LogP contribution is -2.47. The Labute approximate surface area is 149 Å². The summed E-state index contributed by atoms with van der Waals surface area (Å²) in [7, 11) is 0. The first-order valence-electron chi connectivity index (χ1n) is 8.89. The van der Waals surface area contributed by atoms with E-state index >= 15 is 0 Å². The summed E-state index contributed by atoms with van der Waals surface area (Å²) in [6.07, 6.45) is 4.29. The molecule has 2 fully saturated rings. The molecule has 130 valence electrons. The van der Waals surface area contributed by atoms with E-state index in [4.69, 9.17) is 17.0 Å². The molecule has 2 saturated heterocycles. The van der Waals surface area contributed by atoms with Crippen molar-refractivity contribution in [3.05, 3.63) is 35.4 Å². The van der Waals surface area contributed by atoms with Gasteiger partial charge in [0.15, 0.2) is 10.9 Å². The molecular weight excluding hydrogens is 320 g/mol. The molecule has 1 N–H and O–H groups in total. The maximum absolute atomic E-state index is 12.6. The second kappa shape index (κ2) is 8.08. The van der Waals surface area contributed by atoms with Crippen LogP contribution in [0.25, 0.3) is 0 Å². The molecule has 0 unspecified atom stereocenters. The van der Waals surface area contributed by atoms with Crippen LogP contribution in [0.5, 0.6) is 0 Å². The number of Topliss-reactive ketones (excluding diaryl/α,β-unsaturated/α-hetero) is 1. The molecule has 0 amide bonds. The van der Waals surface area contributed by atoms with Crippen molar-refractivity contribution >= 4 is 23.1 Å². The number of nitrogens with one attached hydrogen (secondary N) is 1. The molecule has 0 aromatic heterocycles. The second-order valence-corrected chi connectivity index (χ2v) is 7.20. The normalized spacial score (nSPS) is 21.7. The van der Waals surface area contributed by atoms with Crippen LogP contribution in [0.2, 0.25) is 0 Å². The zero-order valence-corrected chi connectivity index (χ0v) is 15.1. The monoisotopic (exact) mass is 346 g/mol. The topological polar surface area (TPSA) is 41.6 Å². The van der Waals surface area contributed by atoms with Gasteiger partial charge in [-0.2, -0.15) is 0 Å². The van der Waals surface area contributed by atoms with E-state index in [2.05, 4.69) is 10.2 Å². The third-order valence-electron chi connectivity index (χ3n) is 4.99. The van der Waals surface area contributed by atoms with Crippen molar-refractivity contribution in [3.8, 4) is 0 Å². The Morgan fingerprint density at radius 2 is 1.96 bits per heavy atom. The third-order valence-corrected chi connectivity index (χ3v) is 5.40. The van der Waals surface area contributed by atoms with Gasteiger partial charge in [0.05, 0.1) is 6.10 Å². The van der Waals surface area contributed by atoms with Crippen LogP contribution in [-0.4, -0.2) is 48.1 Å². The van der Waals surface area contributed by atoms with Crippen LogP contribution in [0.3, 0.4) is 0 Å². The van der Waals surface area contributed by atoms with E-state index in [-0.39, 0.29) is 11.7 Å². The van der Waals surface area contributed by atoms with Crippen LogP contribution in [0, 0.1) is 12.8 Å². The molecule has 0 saturated carbocycles. The highest BCUT2D eigenvalue weighted by Gasteiger charge is 2.27. The highest BCUT2D eigenvalue weighted by atomic mass is 32.1. The first kappa shape index (κ1) is 17.4. The zero-order chi connectivity index (χ0) is 16.9. The molecule has 0 radical (unpaired) electrons. The van der Waals surface area contributed by atoms with Crippen LogP contribution in [0.1, 0.15) is 41.6 Å². The summed E-state index contributed by atoms with van der Waals surface area (Å²) in [5.74, 6) is 0.387. The first-order chi connectivity index (χ1) is 11.6. The van der Waals surface area contributed by atoms with Gasteiger partial charge < -0.3 is 15.0 Å². The summed E-state index contributed by atoms with van der Waals surface area (Å²) in [5.41, 5.74) is 2.02. The predicted molar refractivity (Wildman–Crippen MR) is 99.4 cm³/mol. The van der Waals surface area contributed by atoms with Crippen LogP contribution in [0.4, 0.5) is 0 Å². The molecule has 24 heavy (non-hydrogen) atoms. The van der Waals surface area contributed by atoms with E-state index in [1.165, 1.54) is 5.56 Å². The Bertz CT molecular complexity index is 574. The average Bonchev–Trinajstić information content (AvgIpc) is 3.13. The average molecular weight is 346 g/mol. The summed E-state index contributed by atoms with van der Waals surface area (Å²) >= 11 is 5.50. The SMILES string of the molecule is Cc1ccc(C(=O)C2CCN(C(=S)NC[C@@H]3CCCO3)CC2)cc1. The van der Waals surface area contributed by atoms with Gasteiger partial charge in [-0.05, 0) is 44.8 Å². The number of nitrogens with zero attached hydrogens (tertiary/aromatic N) is 1. The van der Waals surface area contributed by atoms with E-state index in [0.717, 1.165) is 62.6 Å². The van der Waals surface area contributed by atoms with Crippen molar-refractivity contribution in [2.75, 3.05) is 26.2 Å². The fourth-order valence-electron chi connectivity index (χ4n) is 3.42. The zero-order valence-electron chi connectivity index (χ0n) is 14.3. The molecule has 2 aliphatic heterocycles. The molecule has 5 heteroatoms. The Morgan fingerprint density at radius 1 is 1.25 bits per heavy atom. The number of hydrogen-bond donors (Lipinski definition) is 1. The number of piperidine rings is 1. The van der Waals surface area contributed by atoms with E-state index < -0.39 is 0 Å². The number of aryl methyl sites for hydroxylation is 1. The number of ether oxygens (including phenoxy) is 1.